The Morgan fingerprint density at radius 1 is 0.828 bits per heavy atom. The van der Waals surface area contributed by atoms with E-state index in [1.165, 1.54) is 51.4 Å². The Kier molecular flexibility index (Phi) is 14.5. The molecule has 5 saturated carbocycles. The van der Waals surface area contributed by atoms with Gasteiger partial charge in [0.05, 0.1) is 24.4 Å². The number of methoxy groups -OCH3 is 3. The van der Waals surface area contributed by atoms with Gasteiger partial charge in [-0.25, -0.2) is 4.79 Å². The molecule has 324 valence electrons. The van der Waals surface area contributed by atoms with Gasteiger partial charge in [0.1, 0.15) is 12.2 Å². The fraction of sp³-hybridized carbons (Fsp3) is 0.796. The topological polar surface area (TPSA) is 104 Å². The van der Waals surface area contributed by atoms with Gasteiger partial charge in [0.25, 0.3) is 0 Å². The molecule has 5 aliphatic carbocycles. The first-order valence-corrected chi connectivity index (χ1v) is 23.4. The maximum Gasteiger partial charge on any atom is 0.338 e. The van der Waals surface area contributed by atoms with Crippen molar-refractivity contribution in [1.82, 2.24) is 4.90 Å². The lowest BCUT2D eigenvalue weighted by Crippen LogP contribution is -2.77. The van der Waals surface area contributed by atoms with Crippen molar-refractivity contribution in [3.8, 4) is 0 Å². The monoisotopic (exact) mass is 806 g/mol. The van der Waals surface area contributed by atoms with Crippen molar-refractivity contribution >= 4 is 11.9 Å². The molecule has 1 aliphatic heterocycles. The number of carbonyl (C=O) groups excluding carboxylic acids is 2. The Labute approximate surface area is 349 Å². The van der Waals surface area contributed by atoms with Crippen molar-refractivity contribution < 1.29 is 38.4 Å². The SMILES string of the molecule is CCCCCCCC/C=C\CCCCCCCC(=O)O[C@@]12[C@@H]3[C@@H](CC([C@@H](OC)[C@@H]1O)[C@@H]3OC(=O)c1ccccc1)[C@@]13CCC[C@@]4(COC)CN(CC)C1[C@@H]2[C@H](OC)[C@H]43. The van der Waals surface area contributed by atoms with E-state index in [0.29, 0.717) is 12.2 Å². The summed E-state index contributed by atoms with van der Waals surface area (Å²) >= 11 is 0. The van der Waals surface area contributed by atoms with Crippen LogP contribution in [0.5, 0.6) is 0 Å². The number of benzene rings is 1. The molecule has 1 saturated heterocycles. The zero-order chi connectivity index (χ0) is 40.9. The van der Waals surface area contributed by atoms with Gasteiger partial charge in [-0.2, -0.15) is 0 Å². The second-order valence-electron chi connectivity index (χ2n) is 19.0. The van der Waals surface area contributed by atoms with Crippen molar-refractivity contribution in [3.05, 3.63) is 48.0 Å². The third kappa shape index (κ3) is 7.53. The number of fused-ring (bicyclic) bond motifs is 2. The maximum absolute atomic E-state index is 14.4. The third-order valence-electron chi connectivity index (χ3n) is 16.2. The average molecular weight is 806 g/mol. The highest BCUT2D eigenvalue weighted by molar-refractivity contribution is 5.89. The van der Waals surface area contributed by atoms with Gasteiger partial charge in [0.2, 0.25) is 0 Å². The third-order valence-corrected chi connectivity index (χ3v) is 16.2. The zero-order valence-electron chi connectivity index (χ0n) is 36.4. The number of aliphatic hydroxyl groups is 1. The van der Waals surface area contributed by atoms with E-state index in [0.717, 1.165) is 70.9 Å². The van der Waals surface area contributed by atoms with E-state index in [2.05, 4.69) is 30.9 Å². The second-order valence-corrected chi connectivity index (χ2v) is 19.0. The van der Waals surface area contributed by atoms with Gasteiger partial charge in [-0.15, -0.1) is 0 Å². The zero-order valence-corrected chi connectivity index (χ0v) is 36.4. The summed E-state index contributed by atoms with van der Waals surface area (Å²) in [6.45, 7) is 6.86. The molecule has 0 amide bonds. The number of hydrogen-bond acceptors (Lipinski definition) is 9. The number of esters is 2. The largest absolute Gasteiger partial charge is 0.458 e. The van der Waals surface area contributed by atoms with Crippen LogP contribution in [0.4, 0.5) is 0 Å². The quantitative estimate of drug-likeness (QED) is 0.0660. The highest BCUT2D eigenvalue weighted by Gasteiger charge is 2.88. The molecular formula is C49H75NO8. The molecule has 1 spiro atoms. The lowest BCUT2D eigenvalue weighted by atomic mass is 9.44. The summed E-state index contributed by atoms with van der Waals surface area (Å²) in [5.41, 5.74) is -1.18. The molecule has 0 aromatic heterocycles. The molecule has 1 heterocycles. The van der Waals surface area contributed by atoms with Gasteiger partial charge in [0.15, 0.2) is 5.60 Å². The van der Waals surface area contributed by atoms with Crippen LogP contribution in [0.3, 0.4) is 0 Å². The minimum absolute atomic E-state index is 0.0331. The normalized spacial score (nSPS) is 38.3. The number of carbonyl (C=O) groups is 2. The number of unbranched alkanes of at least 4 members (excludes halogenated alkanes) is 11. The van der Waals surface area contributed by atoms with E-state index in [-0.39, 0.29) is 70.9 Å². The smallest absolute Gasteiger partial charge is 0.338 e. The van der Waals surface area contributed by atoms with Crippen molar-refractivity contribution in [2.24, 2.45) is 40.4 Å². The molecule has 7 bridgehead atoms. The van der Waals surface area contributed by atoms with Crippen molar-refractivity contribution in [2.75, 3.05) is 41.0 Å². The molecule has 1 aromatic rings. The standard InChI is InChI=1S/C49H75NO8/c1-6-8-9-10-11-12-13-14-15-16-17-18-19-20-24-28-37(51)58-49-38-36(31-35(41(55-4)45(49)52)40(38)57-46(53)34-26-22-21-23-27-34)48-30-25-29-47(33-54-3)32-50(7-2)44(48)39(49)42(56-5)43(47)48/h14-15,21-23,26-27,35-36,38-45,52H,6-13,16-20,24-25,28-33H2,1-5H3/b15-14-/t35?,36-,38-,39+,40+,41-,42+,43-,44?,45+,47+,48-,49-/m1/s1. The van der Waals surface area contributed by atoms with Gasteiger partial charge < -0.3 is 28.8 Å². The summed E-state index contributed by atoms with van der Waals surface area (Å²) in [6, 6.07) is 9.20. The van der Waals surface area contributed by atoms with E-state index < -0.39 is 23.9 Å². The van der Waals surface area contributed by atoms with Gasteiger partial charge in [-0.05, 0) is 81.4 Å². The molecule has 9 nitrogen and oxygen atoms in total. The fourth-order valence-corrected chi connectivity index (χ4v) is 14.4. The van der Waals surface area contributed by atoms with Crippen LogP contribution in [-0.4, -0.2) is 99.0 Å². The summed E-state index contributed by atoms with van der Waals surface area (Å²) in [5.74, 6) is -1.43. The molecule has 13 atom stereocenters. The maximum atomic E-state index is 14.4. The first-order valence-electron chi connectivity index (χ1n) is 23.4. The number of aliphatic hydroxyl groups excluding tert-OH is 1. The molecule has 1 N–H and O–H groups in total. The summed E-state index contributed by atoms with van der Waals surface area (Å²) in [4.78, 5) is 31.0. The van der Waals surface area contributed by atoms with Crippen LogP contribution < -0.4 is 0 Å². The lowest BCUT2D eigenvalue weighted by Gasteiger charge is -2.68. The first-order chi connectivity index (χ1) is 28.3. The van der Waals surface area contributed by atoms with Gasteiger partial charge in [-0.1, -0.05) is 102 Å². The van der Waals surface area contributed by atoms with Crippen molar-refractivity contribution in [3.63, 3.8) is 0 Å². The average Bonchev–Trinajstić information content (AvgIpc) is 3.65. The fourth-order valence-electron chi connectivity index (χ4n) is 14.4. The van der Waals surface area contributed by atoms with Crippen LogP contribution in [0.2, 0.25) is 0 Å². The predicted molar refractivity (Wildman–Crippen MR) is 225 cm³/mol. The summed E-state index contributed by atoms with van der Waals surface area (Å²) in [5, 5.41) is 12.9. The Morgan fingerprint density at radius 2 is 1.50 bits per heavy atom. The van der Waals surface area contributed by atoms with Crippen LogP contribution in [0, 0.1) is 40.4 Å². The number of nitrogens with zero attached hydrogens (tertiary/aromatic N) is 1. The molecule has 7 rings (SSSR count). The molecule has 58 heavy (non-hydrogen) atoms. The van der Waals surface area contributed by atoms with E-state index in [4.69, 9.17) is 23.7 Å². The predicted octanol–water partition coefficient (Wildman–Crippen LogP) is 8.96. The molecule has 0 radical (unpaired) electrons. The molecule has 6 aliphatic rings. The molecule has 6 fully saturated rings. The molecule has 9 heteroatoms. The van der Waals surface area contributed by atoms with Gasteiger partial charge in [-0.3, -0.25) is 9.69 Å². The van der Waals surface area contributed by atoms with Gasteiger partial charge in [0, 0.05) is 69.4 Å². The highest BCUT2D eigenvalue weighted by Crippen LogP contribution is 2.80. The number of rotatable bonds is 23. The minimum Gasteiger partial charge on any atom is -0.458 e. The van der Waals surface area contributed by atoms with Crippen LogP contribution in [0.25, 0.3) is 0 Å². The number of ether oxygens (including phenoxy) is 5. The Hall–Kier alpha value is -2.30. The number of allylic oxidation sites excluding steroid dienone is 2. The molecular weight excluding hydrogens is 731 g/mol. The van der Waals surface area contributed by atoms with E-state index in [1.54, 1.807) is 26.4 Å². The van der Waals surface area contributed by atoms with Gasteiger partial charge >= 0.3 is 11.9 Å². The Bertz CT molecular complexity index is 1530. The van der Waals surface area contributed by atoms with Crippen molar-refractivity contribution in [1.29, 1.82) is 0 Å². The number of likely N-dealkylation sites (tertiary alicyclic amines) is 1. The molecule has 1 aromatic carbocycles. The van der Waals surface area contributed by atoms with Crippen molar-refractivity contribution in [2.45, 2.75) is 165 Å². The number of piperidine rings is 1. The first kappa shape index (κ1) is 43.8. The number of hydrogen-bond donors (Lipinski definition) is 1. The van der Waals surface area contributed by atoms with E-state index >= 15 is 0 Å². The summed E-state index contributed by atoms with van der Waals surface area (Å²) in [6.07, 6.45) is 21.7. The van der Waals surface area contributed by atoms with E-state index in [1.807, 2.05) is 25.3 Å². The van der Waals surface area contributed by atoms with Crippen LogP contribution >= 0.6 is 0 Å². The van der Waals surface area contributed by atoms with Crippen LogP contribution in [0.1, 0.15) is 140 Å². The van der Waals surface area contributed by atoms with E-state index in [9.17, 15) is 14.7 Å². The highest BCUT2D eigenvalue weighted by atomic mass is 16.6. The molecule has 2 unspecified atom stereocenters. The summed E-state index contributed by atoms with van der Waals surface area (Å²) < 4.78 is 32.8. The van der Waals surface area contributed by atoms with Crippen LogP contribution in [-0.2, 0) is 28.5 Å². The minimum atomic E-state index is -1.36. The Morgan fingerprint density at radius 3 is 2.16 bits per heavy atom. The summed E-state index contributed by atoms with van der Waals surface area (Å²) in [7, 11) is 5.25. The Balaban J connectivity index is 1.12. The lowest BCUT2D eigenvalue weighted by molar-refractivity contribution is -0.291. The van der Waals surface area contributed by atoms with Crippen LogP contribution in [0.15, 0.2) is 42.5 Å². The second kappa shape index (κ2) is 19.2.